The summed E-state index contributed by atoms with van der Waals surface area (Å²) in [6.07, 6.45) is 0.0408. The highest BCUT2D eigenvalue weighted by molar-refractivity contribution is 5.91. The van der Waals surface area contributed by atoms with Crippen molar-refractivity contribution in [2.24, 2.45) is 5.73 Å². The molecule has 0 saturated carbocycles. The Morgan fingerprint density at radius 1 is 0.944 bits per heavy atom. The highest BCUT2D eigenvalue weighted by Crippen LogP contribution is 2.45. The lowest BCUT2D eigenvalue weighted by atomic mass is 9.81. The molecule has 4 aromatic carbocycles. The maximum Gasteiger partial charge on any atom is 0.343 e. The van der Waals surface area contributed by atoms with Crippen LogP contribution in [0.4, 0.5) is 0 Å². The molecular formula is C30H24N2O4. The number of fused-ring (bicyclic) bond motifs is 2. The third-order valence-corrected chi connectivity index (χ3v) is 6.00. The van der Waals surface area contributed by atoms with E-state index in [1.807, 2.05) is 62.4 Å². The van der Waals surface area contributed by atoms with E-state index in [0.29, 0.717) is 28.4 Å². The quantitative estimate of drug-likeness (QED) is 0.278. The van der Waals surface area contributed by atoms with Crippen LogP contribution in [0.25, 0.3) is 10.8 Å². The molecule has 6 heteroatoms. The molecule has 1 heterocycles. The standard InChI is InChI=1S/C30H24N2O4/c1-18(2)34-21-12-10-20(11-13-21)30(33)35-22-14-15-25-27(16-22)36-29(32)26(17-31)28(25)24-9-5-7-19-6-3-4-8-23(19)24/h3-16,18,28H,32H2,1-2H3. The van der Waals surface area contributed by atoms with E-state index in [1.54, 1.807) is 36.4 Å². The third-order valence-electron chi connectivity index (χ3n) is 6.00. The second kappa shape index (κ2) is 9.47. The van der Waals surface area contributed by atoms with Crippen molar-refractivity contribution in [2.45, 2.75) is 25.9 Å². The van der Waals surface area contributed by atoms with Gasteiger partial charge in [0, 0.05) is 11.6 Å². The van der Waals surface area contributed by atoms with Crippen molar-refractivity contribution in [2.75, 3.05) is 0 Å². The molecule has 0 fully saturated rings. The molecule has 1 atom stereocenters. The van der Waals surface area contributed by atoms with Crippen molar-refractivity contribution in [3.05, 3.63) is 113 Å². The fraction of sp³-hybridized carbons (Fsp3) is 0.133. The lowest BCUT2D eigenvalue weighted by molar-refractivity contribution is 0.0734. The van der Waals surface area contributed by atoms with Crippen LogP contribution < -0.4 is 19.9 Å². The van der Waals surface area contributed by atoms with Crippen molar-refractivity contribution in [3.63, 3.8) is 0 Å². The lowest BCUT2D eigenvalue weighted by Gasteiger charge is -2.27. The predicted molar refractivity (Wildman–Crippen MR) is 137 cm³/mol. The van der Waals surface area contributed by atoms with Crippen molar-refractivity contribution in [1.82, 2.24) is 0 Å². The average molecular weight is 477 g/mol. The largest absolute Gasteiger partial charge is 0.491 e. The first kappa shape index (κ1) is 23.0. The summed E-state index contributed by atoms with van der Waals surface area (Å²) in [5.74, 6) is 0.546. The van der Waals surface area contributed by atoms with Gasteiger partial charge in [0.1, 0.15) is 28.9 Å². The Labute approximate surface area is 209 Å². The molecule has 4 aromatic rings. The number of allylic oxidation sites excluding steroid dienone is 1. The van der Waals surface area contributed by atoms with Crippen molar-refractivity contribution in [3.8, 4) is 23.3 Å². The highest BCUT2D eigenvalue weighted by atomic mass is 16.5. The summed E-state index contributed by atoms with van der Waals surface area (Å²) in [5.41, 5.74) is 8.64. The van der Waals surface area contributed by atoms with Gasteiger partial charge in [-0.25, -0.2) is 4.79 Å². The lowest BCUT2D eigenvalue weighted by Crippen LogP contribution is -2.21. The second-order valence-corrected chi connectivity index (χ2v) is 8.77. The molecule has 0 bridgehead atoms. The number of rotatable bonds is 5. The van der Waals surface area contributed by atoms with Crippen LogP contribution in [-0.2, 0) is 0 Å². The van der Waals surface area contributed by atoms with Gasteiger partial charge in [0.25, 0.3) is 0 Å². The molecule has 0 aromatic heterocycles. The van der Waals surface area contributed by atoms with E-state index in [2.05, 4.69) is 6.07 Å². The zero-order chi connectivity index (χ0) is 25.2. The van der Waals surface area contributed by atoms with Crippen molar-refractivity contribution < 1.29 is 19.0 Å². The summed E-state index contributed by atoms with van der Waals surface area (Å²) in [4.78, 5) is 12.7. The molecule has 6 nitrogen and oxygen atoms in total. The van der Waals surface area contributed by atoms with Gasteiger partial charge >= 0.3 is 5.97 Å². The van der Waals surface area contributed by atoms with Gasteiger partial charge in [-0.05, 0) is 60.5 Å². The van der Waals surface area contributed by atoms with Gasteiger partial charge in [0.2, 0.25) is 5.88 Å². The average Bonchev–Trinajstić information content (AvgIpc) is 2.87. The van der Waals surface area contributed by atoms with Crippen LogP contribution in [0.3, 0.4) is 0 Å². The molecular weight excluding hydrogens is 452 g/mol. The monoisotopic (exact) mass is 476 g/mol. The molecule has 0 saturated heterocycles. The molecule has 1 unspecified atom stereocenters. The van der Waals surface area contributed by atoms with Gasteiger partial charge in [0.15, 0.2) is 0 Å². The van der Waals surface area contributed by atoms with Gasteiger partial charge in [0.05, 0.1) is 17.6 Å². The highest BCUT2D eigenvalue weighted by Gasteiger charge is 2.32. The minimum atomic E-state index is -0.506. The van der Waals surface area contributed by atoms with E-state index in [9.17, 15) is 10.1 Å². The van der Waals surface area contributed by atoms with E-state index >= 15 is 0 Å². The van der Waals surface area contributed by atoms with Crippen LogP contribution >= 0.6 is 0 Å². The molecule has 5 rings (SSSR count). The summed E-state index contributed by atoms with van der Waals surface area (Å²) in [6.45, 7) is 3.87. The first-order valence-electron chi connectivity index (χ1n) is 11.6. The minimum Gasteiger partial charge on any atom is -0.491 e. The van der Waals surface area contributed by atoms with Crippen LogP contribution in [0.5, 0.6) is 17.2 Å². The minimum absolute atomic E-state index is 0.0344. The smallest absolute Gasteiger partial charge is 0.343 e. The zero-order valence-electron chi connectivity index (χ0n) is 19.9. The van der Waals surface area contributed by atoms with Crippen LogP contribution in [0, 0.1) is 11.3 Å². The van der Waals surface area contributed by atoms with Crippen LogP contribution in [0.15, 0.2) is 96.4 Å². The molecule has 1 aliphatic rings. The van der Waals surface area contributed by atoms with Gasteiger partial charge in [-0.3, -0.25) is 0 Å². The van der Waals surface area contributed by atoms with E-state index in [4.69, 9.17) is 19.9 Å². The number of hydrogen-bond donors (Lipinski definition) is 1. The SMILES string of the molecule is CC(C)Oc1ccc(C(=O)Oc2ccc3c(c2)OC(N)=C(C#N)C3c2cccc3ccccc23)cc1. The molecule has 0 radical (unpaired) electrons. The van der Waals surface area contributed by atoms with Crippen molar-refractivity contribution in [1.29, 1.82) is 5.26 Å². The Balaban J connectivity index is 1.47. The Morgan fingerprint density at radius 2 is 1.67 bits per heavy atom. The molecule has 36 heavy (non-hydrogen) atoms. The van der Waals surface area contributed by atoms with E-state index in [1.165, 1.54) is 0 Å². The van der Waals surface area contributed by atoms with E-state index < -0.39 is 11.9 Å². The topological polar surface area (TPSA) is 94.6 Å². The summed E-state index contributed by atoms with van der Waals surface area (Å²) < 4.78 is 17.0. The maximum atomic E-state index is 12.7. The Morgan fingerprint density at radius 3 is 2.42 bits per heavy atom. The van der Waals surface area contributed by atoms with Gasteiger partial charge in [-0.15, -0.1) is 0 Å². The number of hydrogen-bond acceptors (Lipinski definition) is 6. The molecule has 1 aliphatic heterocycles. The fourth-order valence-corrected chi connectivity index (χ4v) is 4.43. The number of nitrogens with two attached hydrogens (primary N) is 1. The normalized spacial score (nSPS) is 14.7. The van der Waals surface area contributed by atoms with Gasteiger partial charge < -0.3 is 19.9 Å². The Kier molecular flexibility index (Phi) is 6.05. The maximum absolute atomic E-state index is 12.7. The Hall–Kier alpha value is -4.76. The number of carbonyl (C=O) groups is 1. The number of ether oxygens (including phenoxy) is 3. The zero-order valence-corrected chi connectivity index (χ0v) is 19.9. The number of nitrogens with zero attached hydrogens (tertiary/aromatic N) is 1. The number of carbonyl (C=O) groups excluding carboxylic acids is 1. The van der Waals surface area contributed by atoms with Gasteiger partial charge in [-0.2, -0.15) is 5.26 Å². The van der Waals surface area contributed by atoms with Crippen LogP contribution in [-0.4, -0.2) is 12.1 Å². The summed E-state index contributed by atoms with van der Waals surface area (Å²) in [6, 6.07) is 28.1. The summed E-state index contributed by atoms with van der Waals surface area (Å²) >= 11 is 0. The first-order valence-corrected chi connectivity index (χ1v) is 11.6. The Bertz CT molecular complexity index is 1530. The van der Waals surface area contributed by atoms with E-state index in [-0.39, 0.29) is 12.0 Å². The first-order chi connectivity index (χ1) is 17.4. The number of nitriles is 1. The summed E-state index contributed by atoms with van der Waals surface area (Å²) in [5, 5.41) is 12.0. The van der Waals surface area contributed by atoms with Crippen molar-refractivity contribution >= 4 is 16.7 Å². The van der Waals surface area contributed by atoms with Crippen LogP contribution in [0.2, 0.25) is 0 Å². The van der Waals surface area contributed by atoms with E-state index in [0.717, 1.165) is 21.9 Å². The second-order valence-electron chi connectivity index (χ2n) is 8.77. The molecule has 2 N–H and O–H groups in total. The molecule has 178 valence electrons. The van der Waals surface area contributed by atoms with Crippen LogP contribution in [0.1, 0.15) is 41.3 Å². The fourth-order valence-electron chi connectivity index (χ4n) is 4.43. The summed E-state index contributed by atoms with van der Waals surface area (Å²) in [7, 11) is 0. The third kappa shape index (κ3) is 4.35. The molecule has 0 aliphatic carbocycles. The number of benzene rings is 4. The number of esters is 1. The molecule has 0 amide bonds. The predicted octanol–water partition coefficient (Wildman–Crippen LogP) is 6.06. The molecule has 0 spiro atoms. The van der Waals surface area contributed by atoms with Gasteiger partial charge in [-0.1, -0.05) is 48.5 Å².